The van der Waals surface area contributed by atoms with Gasteiger partial charge < -0.3 is 9.67 Å². The molecule has 0 fully saturated rings. The molecule has 5 heteroatoms. The molecule has 3 aromatic rings. The summed E-state index contributed by atoms with van der Waals surface area (Å²) < 4.78 is 28.8. The van der Waals surface area contributed by atoms with Crippen LogP contribution in [0.3, 0.4) is 0 Å². The molecular weight excluding hydrogens is 286 g/mol. The first-order valence-corrected chi connectivity index (χ1v) is 7.18. The van der Waals surface area contributed by atoms with Gasteiger partial charge in [-0.3, -0.25) is 0 Å². The fourth-order valence-electron chi connectivity index (χ4n) is 2.56. The molecule has 0 bridgehead atoms. The molecule has 0 aliphatic rings. The van der Waals surface area contributed by atoms with Gasteiger partial charge in [0.05, 0.1) is 11.0 Å². The molecule has 0 radical (unpaired) electrons. The first-order chi connectivity index (χ1) is 10.7. The Kier molecular flexibility index (Phi) is 4.15. The van der Waals surface area contributed by atoms with Gasteiger partial charge in [0.15, 0.2) is 11.6 Å². The van der Waals surface area contributed by atoms with Crippen molar-refractivity contribution in [3.05, 3.63) is 65.5 Å². The number of rotatable bonds is 5. The van der Waals surface area contributed by atoms with Crippen LogP contribution < -0.4 is 0 Å². The quantitative estimate of drug-likeness (QED) is 0.785. The van der Waals surface area contributed by atoms with Crippen LogP contribution in [0.4, 0.5) is 8.78 Å². The SMILES string of the molecule is OCCCn1c(Cc2ccccc2)nc2cc(F)c(F)cc21. The minimum absolute atomic E-state index is 0.0358. The summed E-state index contributed by atoms with van der Waals surface area (Å²) in [6, 6.07) is 12.1. The van der Waals surface area contributed by atoms with Gasteiger partial charge in [0.1, 0.15) is 5.82 Å². The van der Waals surface area contributed by atoms with E-state index in [0.29, 0.717) is 30.4 Å². The van der Waals surface area contributed by atoms with Crippen LogP contribution in [0, 0.1) is 11.6 Å². The van der Waals surface area contributed by atoms with Crippen molar-refractivity contribution < 1.29 is 13.9 Å². The normalized spacial score (nSPS) is 11.2. The van der Waals surface area contributed by atoms with Crippen molar-refractivity contribution in [1.82, 2.24) is 9.55 Å². The lowest BCUT2D eigenvalue weighted by Gasteiger charge is -2.08. The molecule has 0 aliphatic heterocycles. The van der Waals surface area contributed by atoms with E-state index in [9.17, 15) is 8.78 Å². The largest absolute Gasteiger partial charge is 0.396 e. The Balaban J connectivity index is 2.07. The zero-order valence-electron chi connectivity index (χ0n) is 12.0. The van der Waals surface area contributed by atoms with E-state index < -0.39 is 11.6 Å². The van der Waals surface area contributed by atoms with E-state index in [2.05, 4.69) is 4.98 Å². The number of aryl methyl sites for hydroxylation is 1. The number of aromatic nitrogens is 2. The highest BCUT2D eigenvalue weighted by molar-refractivity contribution is 5.76. The summed E-state index contributed by atoms with van der Waals surface area (Å²) in [5, 5.41) is 9.05. The molecule has 0 unspecified atom stereocenters. The van der Waals surface area contributed by atoms with Gasteiger partial charge in [-0.25, -0.2) is 13.8 Å². The molecule has 1 N–H and O–H groups in total. The van der Waals surface area contributed by atoms with Crippen molar-refractivity contribution >= 4 is 11.0 Å². The zero-order valence-corrected chi connectivity index (χ0v) is 12.0. The number of hydrogen-bond acceptors (Lipinski definition) is 2. The van der Waals surface area contributed by atoms with Crippen molar-refractivity contribution in [2.45, 2.75) is 19.4 Å². The summed E-state index contributed by atoms with van der Waals surface area (Å²) in [4.78, 5) is 4.44. The average Bonchev–Trinajstić information content (AvgIpc) is 2.83. The number of aliphatic hydroxyl groups excluding tert-OH is 1. The van der Waals surface area contributed by atoms with E-state index >= 15 is 0 Å². The highest BCUT2D eigenvalue weighted by atomic mass is 19.2. The molecule has 0 saturated carbocycles. The van der Waals surface area contributed by atoms with Crippen molar-refractivity contribution in [1.29, 1.82) is 0 Å². The summed E-state index contributed by atoms with van der Waals surface area (Å²) in [6.07, 6.45) is 1.11. The Morgan fingerprint density at radius 3 is 2.50 bits per heavy atom. The summed E-state index contributed by atoms with van der Waals surface area (Å²) in [7, 11) is 0. The van der Waals surface area contributed by atoms with Crippen LogP contribution in [-0.4, -0.2) is 21.3 Å². The molecule has 0 amide bonds. The van der Waals surface area contributed by atoms with Crippen LogP contribution in [0.25, 0.3) is 11.0 Å². The second kappa shape index (κ2) is 6.23. The molecule has 3 nitrogen and oxygen atoms in total. The van der Waals surface area contributed by atoms with Gasteiger partial charge >= 0.3 is 0 Å². The fraction of sp³-hybridized carbons (Fsp3) is 0.235. The van der Waals surface area contributed by atoms with Crippen LogP contribution in [0.1, 0.15) is 17.8 Å². The van der Waals surface area contributed by atoms with E-state index in [0.717, 1.165) is 17.5 Å². The van der Waals surface area contributed by atoms with E-state index in [4.69, 9.17) is 5.11 Å². The number of halogens is 2. The number of hydrogen-bond donors (Lipinski definition) is 1. The second-order valence-electron chi connectivity index (χ2n) is 5.17. The molecule has 3 rings (SSSR count). The van der Waals surface area contributed by atoms with Gasteiger partial charge in [-0.1, -0.05) is 30.3 Å². The van der Waals surface area contributed by atoms with E-state index in [1.165, 1.54) is 6.07 Å². The first-order valence-electron chi connectivity index (χ1n) is 7.18. The number of imidazole rings is 1. The second-order valence-corrected chi connectivity index (χ2v) is 5.17. The summed E-state index contributed by atoms with van der Waals surface area (Å²) >= 11 is 0. The van der Waals surface area contributed by atoms with Crippen LogP contribution in [0.2, 0.25) is 0 Å². The maximum Gasteiger partial charge on any atom is 0.161 e. The smallest absolute Gasteiger partial charge is 0.161 e. The highest BCUT2D eigenvalue weighted by Gasteiger charge is 2.14. The van der Waals surface area contributed by atoms with Crippen LogP contribution in [0.5, 0.6) is 0 Å². The van der Waals surface area contributed by atoms with Gasteiger partial charge in [-0.05, 0) is 12.0 Å². The predicted molar refractivity (Wildman–Crippen MR) is 80.6 cm³/mol. The van der Waals surface area contributed by atoms with E-state index in [1.54, 1.807) is 0 Å². The number of nitrogens with zero attached hydrogens (tertiary/aromatic N) is 2. The molecule has 0 atom stereocenters. The Labute approximate surface area is 126 Å². The minimum atomic E-state index is -0.898. The predicted octanol–water partition coefficient (Wildman–Crippen LogP) is 3.29. The van der Waals surface area contributed by atoms with Crippen molar-refractivity contribution in [2.75, 3.05) is 6.61 Å². The molecule has 0 aliphatic carbocycles. The Hall–Kier alpha value is -2.27. The lowest BCUT2D eigenvalue weighted by Crippen LogP contribution is -2.06. The first kappa shape index (κ1) is 14.7. The van der Waals surface area contributed by atoms with Gasteiger partial charge in [0, 0.05) is 31.7 Å². The average molecular weight is 302 g/mol. The monoisotopic (exact) mass is 302 g/mol. The lowest BCUT2D eigenvalue weighted by molar-refractivity contribution is 0.280. The molecule has 1 heterocycles. The Bertz CT molecular complexity index is 784. The van der Waals surface area contributed by atoms with Crippen molar-refractivity contribution in [3.63, 3.8) is 0 Å². The number of fused-ring (bicyclic) bond motifs is 1. The third-order valence-electron chi connectivity index (χ3n) is 3.61. The zero-order chi connectivity index (χ0) is 15.5. The molecule has 114 valence electrons. The molecule has 2 aromatic carbocycles. The number of benzene rings is 2. The summed E-state index contributed by atoms with van der Waals surface area (Å²) in [5.74, 6) is -1.05. The fourth-order valence-corrected chi connectivity index (χ4v) is 2.56. The third kappa shape index (κ3) is 2.85. The van der Waals surface area contributed by atoms with Gasteiger partial charge in [-0.2, -0.15) is 0 Å². The van der Waals surface area contributed by atoms with Crippen LogP contribution in [0.15, 0.2) is 42.5 Å². The highest BCUT2D eigenvalue weighted by Crippen LogP contribution is 2.22. The third-order valence-corrected chi connectivity index (χ3v) is 3.61. The van der Waals surface area contributed by atoms with Crippen LogP contribution in [-0.2, 0) is 13.0 Å². The van der Waals surface area contributed by atoms with Crippen LogP contribution >= 0.6 is 0 Å². The van der Waals surface area contributed by atoms with Gasteiger partial charge in [0.25, 0.3) is 0 Å². The maximum absolute atomic E-state index is 13.5. The molecular formula is C17H16F2N2O. The lowest BCUT2D eigenvalue weighted by atomic mass is 10.1. The molecule has 0 saturated heterocycles. The molecule has 0 spiro atoms. The standard InChI is InChI=1S/C17H16F2N2O/c18-13-10-15-16(11-14(13)19)21(7-4-8-22)17(20-15)9-12-5-2-1-3-6-12/h1-3,5-6,10-11,22H,4,7-9H2. The summed E-state index contributed by atoms with van der Waals surface area (Å²) in [6.45, 7) is 0.550. The summed E-state index contributed by atoms with van der Waals surface area (Å²) in [5.41, 5.74) is 2.06. The Morgan fingerprint density at radius 1 is 1.05 bits per heavy atom. The molecule has 1 aromatic heterocycles. The van der Waals surface area contributed by atoms with E-state index in [1.807, 2.05) is 34.9 Å². The number of aliphatic hydroxyl groups is 1. The Morgan fingerprint density at radius 2 is 1.77 bits per heavy atom. The maximum atomic E-state index is 13.5. The van der Waals surface area contributed by atoms with E-state index in [-0.39, 0.29) is 6.61 Å². The van der Waals surface area contributed by atoms with Crippen molar-refractivity contribution in [2.24, 2.45) is 0 Å². The minimum Gasteiger partial charge on any atom is -0.396 e. The van der Waals surface area contributed by atoms with Crippen molar-refractivity contribution in [3.8, 4) is 0 Å². The topological polar surface area (TPSA) is 38.0 Å². The van der Waals surface area contributed by atoms with Gasteiger partial charge in [0.2, 0.25) is 0 Å². The molecule has 22 heavy (non-hydrogen) atoms. The van der Waals surface area contributed by atoms with Gasteiger partial charge in [-0.15, -0.1) is 0 Å².